The van der Waals surface area contributed by atoms with Gasteiger partial charge in [-0.15, -0.1) is 0 Å². The second kappa shape index (κ2) is 6.55. The molecule has 1 aliphatic heterocycles. The Bertz CT molecular complexity index is 616. The van der Waals surface area contributed by atoms with E-state index in [2.05, 4.69) is 10.6 Å². The highest BCUT2D eigenvalue weighted by Gasteiger charge is 2.37. The van der Waals surface area contributed by atoms with E-state index < -0.39 is 16.1 Å². The standard InChI is InChI=1S/C14H21N3O3S/c1-3-16-14(18)13-10-15-7-8-17(13)21(19,20)12-6-4-5-11(2)9-12/h4-6,9,13,15H,3,7-8,10H2,1-2H3,(H,16,18). The summed E-state index contributed by atoms with van der Waals surface area (Å²) in [6.45, 7) is 5.30. The van der Waals surface area contributed by atoms with Gasteiger partial charge in [-0.05, 0) is 31.5 Å². The number of likely N-dealkylation sites (N-methyl/N-ethyl adjacent to an activating group) is 1. The van der Waals surface area contributed by atoms with Crippen molar-refractivity contribution in [3.8, 4) is 0 Å². The van der Waals surface area contributed by atoms with E-state index in [1.807, 2.05) is 19.9 Å². The molecule has 0 radical (unpaired) electrons. The number of aryl methyl sites for hydroxylation is 1. The molecule has 1 aromatic rings. The quantitative estimate of drug-likeness (QED) is 0.826. The maximum absolute atomic E-state index is 12.8. The number of nitrogens with one attached hydrogen (secondary N) is 2. The van der Waals surface area contributed by atoms with Gasteiger partial charge in [-0.3, -0.25) is 4.79 Å². The van der Waals surface area contributed by atoms with Crippen LogP contribution in [0.25, 0.3) is 0 Å². The molecule has 2 rings (SSSR count). The van der Waals surface area contributed by atoms with Crippen molar-refractivity contribution in [1.29, 1.82) is 0 Å². The number of amides is 1. The summed E-state index contributed by atoms with van der Waals surface area (Å²) in [7, 11) is -3.66. The molecular formula is C14H21N3O3S. The summed E-state index contributed by atoms with van der Waals surface area (Å²) in [5.74, 6) is -0.263. The van der Waals surface area contributed by atoms with Crippen LogP contribution >= 0.6 is 0 Å². The van der Waals surface area contributed by atoms with Gasteiger partial charge in [-0.25, -0.2) is 8.42 Å². The number of benzene rings is 1. The Morgan fingerprint density at radius 1 is 1.48 bits per heavy atom. The van der Waals surface area contributed by atoms with E-state index in [-0.39, 0.29) is 17.3 Å². The van der Waals surface area contributed by atoms with Gasteiger partial charge in [0, 0.05) is 26.2 Å². The van der Waals surface area contributed by atoms with Gasteiger partial charge in [-0.1, -0.05) is 12.1 Å². The lowest BCUT2D eigenvalue weighted by molar-refractivity contribution is -0.125. The number of sulfonamides is 1. The molecule has 21 heavy (non-hydrogen) atoms. The van der Waals surface area contributed by atoms with Crippen LogP contribution in [0.4, 0.5) is 0 Å². The zero-order valence-electron chi connectivity index (χ0n) is 12.3. The van der Waals surface area contributed by atoms with E-state index in [9.17, 15) is 13.2 Å². The van der Waals surface area contributed by atoms with Gasteiger partial charge >= 0.3 is 0 Å². The Morgan fingerprint density at radius 2 is 2.24 bits per heavy atom. The molecule has 1 atom stereocenters. The summed E-state index contributed by atoms with van der Waals surface area (Å²) in [4.78, 5) is 12.3. The highest BCUT2D eigenvalue weighted by molar-refractivity contribution is 7.89. The monoisotopic (exact) mass is 311 g/mol. The van der Waals surface area contributed by atoms with Crippen molar-refractivity contribution < 1.29 is 13.2 Å². The van der Waals surface area contributed by atoms with Crippen molar-refractivity contribution in [3.63, 3.8) is 0 Å². The number of hydrogen-bond donors (Lipinski definition) is 2. The van der Waals surface area contributed by atoms with Crippen LogP contribution in [-0.4, -0.2) is 50.9 Å². The van der Waals surface area contributed by atoms with E-state index in [1.165, 1.54) is 4.31 Å². The molecule has 1 unspecified atom stereocenters. The molecule has 7 heteroatoms. The highest BCUT2D eigenvalue weighted by Crippen LogP contribution is 2.20. The molecule has 1 aliphatic rings. The summed E-state index contributed by atoms with van der Waals surface area (Å²) < 4.78 is 26.8. The molecule has 1 fully saturated rings. The Hall–Kier alpha value is -1.44. The van der Waals surface area contributed by atoms with Crippen LogP contribution < -0.4 is 10.6 Å². The van der Waals surface area contributed by atoms with Crippen molar-refractivity contribution in [2.45, 2.75) is 24.8 Å². The minimum Gasteiger partial charge on any atom is -0.355 e. The summed E-state index contributed by atoms with van der Waals surface area (Å²) in [5, 5.41) is 5.77. The van der Waals surface area contributed by atoms with Crippen molar-refractivity contribution in [2.75, 3.05) is 26.2 Å². The first-order valence-electron chi connectivity index (χ1n) is 7.03. The lowest BCUT2D eigenvalue weighted by Crippen LogP contribution is -2.59. The number of carbonyl (C=O) groups excluding carboxylic acids is 1. The molecule has 6 nitrogen and oxygen atoms in total. The summed E-state index contributed by atoms with van der Waals surface area (Å²) in [5.41, 5.74) is 0.876. The molecule has 0 aromatic heterocycles. The van der Waals surface area contributed by atoms with Crippen LogP contribution in [0.2, 0.25) is 0 Å². The number of rotatable bonds is 4. The third-order valence-electron chi connectivity index (χ3n) is 3.44. The minimum absolute atomic E-state index is 0.235. The third kappa shape index (κ3) is 3.42. The topological polar surface area (TPSA) is 78.5 Å². The number of hydrogen-bond acceptors (Lipinski definition) is 4. The SMILES string of the molecule is CCNC(=O)C1CNCCN1S(=O)(=O)c1cccc(C)c1. The second-order valence-corrected chi connectivity index (χ2v) is 6.94. The van der Waals surface area contributed by atoms with Crippen molar-refractivity contribution in [1.82, 2.24) is 14.9 Å². The number of piperazine rings is 1. The molecule has 1 heterocycles. The lowest BCUT2D eigenvalue weighted by Gasteiger charge is -2.34. The van der Waals surface area contributed by atoms with Gasteiger partial charge in [0.1, 0.15) is 6.04 Å². The maximum atomic E-state index is 12.8. The average molecular weight is 311 g/mol. The molecule has 1 saturated heterocycles. The van der Waals surface area contributed by atoms with E-state index in [4.69, 9.17) is 0 Å². The third-order valence-corrected chi connectivity index (χ3v) is 5.35. The molecule has 1 aromatic carbocycles. The minimum atomic E-state index is -3.66. The van der Waals surface area contributed by atoms with E-state index in [0.29, 0.717) is 19.6 Å². The van der Waals surface area contributed by atoms with Crippen LogP contribution in [0.1, 0.15) is 12.5 Å². The average Bonchev–Trinajstić information content (AvgIpc) is 2.47. The summed E-state index contributed by atoms with van der Waals surface area (Å²) in [6, 6.07) is 6.05. The van der Waals surface area contributed by atoms with Gasteiger partial charge in [-0.2, -0.15) is 4.31 Å². The molecular weight excluding hydrogens is 290 g/mol. The number of carbonyl (C=O) groups is 1. The van der Waals surface area contributed by atoms with Gasteiger partial charge in [0.25, 0.3) is 0 Å². The number of nitrogens with zero attached hydrogens (tertiary/aromatic N) is 1. The van der Waals surface area contributed by atoms with Crippen LogP contribution in [0.5, 0.6) is 0 Å². The first-order valence-corrected chi connectivity index (χ1v) is 8.47. The Kier molecular flexibility index (Phi) is 4.97. The second-order valence-electron chi connectivity index (χ2n) is 5.05. The smallest absolute Gasteiger partial charge is 0.243 e. The van der Waals surface area contributed by atoms with Crippen LogP contribution in [0.3, 0.4) is 0 Å². The van der Waals surface area contributed by atoms with Crippen LogP contribution in [0, 0.1) is 6.92 Å². The van der Waals surface area contributed by atoms with Crippen LogP contribution in [-0.2, 0) is 14.8 Å². The maximum Gasteiger partial charge on any atom is 0.243 e. The molecule has 116 valence electrons. The zero-order chi connectivity index (χ0) is 15.5. The Labute approximate surface area is 125 Å². The molecule has 0 spiro atoms. The molecule has 0 bridgehead atoms. The summed E-state index contributed by atoms with van der Waals surface area (Å²) in [6.07, 6.45) is 0. The largest absolute Gasteiger partial charge is 0.355 e. The fourth-order valence-corrected chi connectivity index (χ4v) is 4.09. The van der Waals surface area contributed by atoms with Gasteiger partial charge in [0.15, 0.2) is 0 Å². The van der Waals surface area contributed by atoms with Crippen molar-refractivity contribution in [3.05, 3.63) is 29.8 Å². The predicted octanol–water partition coefficient (Wildman–Crippen LogP) is 0.0936. The summed E-state index contributed by atoms with van der Waals surface area (Å²) >= 11 is 0. The molecule has 0 saturated carbocycles. The molecule has 1 amide bonds. The molecule has 2 N–H and O–H groups in total. The Morgan fingerprint density at radius 3 is 2.90 bits per heavy atom. The lowest BCUT2D eigenvalue weighted by atomic mass is 10.2. The van der Waals surface area contributed by atoms with Gasteiger partial charge < -0.3 is 10.6 Å². The zero-order valence-corrected chi connectivity index (χ0v) is 13.1. The fraction of sp³-hybridized carbons (Fsp3) is 0.500. The van der Waals surface area contributed by atoms with Crippen LogP contribution in [0.15, 0.2) is 29.2 Å². The predicted molar refractivity (Wildman–Crippen MR) is 80.4 cm³/mol. The van der Waals surface area contributed by atoms with Crippen molar-refractivity contribution in [2.24, 2.45) is 0 Å². The normalized spacial score (nSPS) is 20.2. The van der Waals surface area contributed by atoms with Gasteiger partial charge in [0.2, 0.25) is 15.9 Å². The van der Waals surface area contributed by atoms with E-state index in [0.717, 1.165) is 5.56 Å². The molecule has 0 aliphatic carbocycles. The van der Waals surface area contributed by atoms with Crippen molar-refractivity contribution >= 4 is 15.9 Å². The van der Waals surface area contributed by atoms with Gasteiger partial charge in [0.05, 0.1) is 4.90 Å². The fourth-order valence-electron chi connectivity index (χ4n) is 2.40. The first-order chi connectivity index (χ1) is 9.96. The van der Waals surface area contributed by atoms with E-state index in [1.54, 1.807) is 18.2 Å². The Balaban J connectivity index is 2.34. The van der Waals surface area contributed by atoms with E-state index >= 15 is 0 Å². The first kappa shape index (κ1) is 15.9. The highest BCUT2D eigenvalue weighted by atomic mass is 32.2.